The van der Waals surface area contributed by atoms with E-state index < -0.39 is 6.09 Å². The lowest BCUT2D eigenvalue weighted by molar-refractivity contribution is 0.102. The molecule has 0 aliphatic heterocycles. The average Bonchev–Trinajstić information content (AvgIpc) is 3.10. The number of amides is 2. The van der Waals surface area contributed by atoms with Gasteiger partial charge in [0.2, 0.25) is 0 Å². The van der Waals surface area contributed by atoms with Crippen LogP contribution in [0.25, 0.3) is 11.3 Å². The van der Waals surface area contributed by atoms with E-state index in [2.05, 4.69) is 41.1 Å². The normalized spacial score (nSPS) is 11.0. The molecule has 7 heteroatoms. The number of rotatable bonds is 4. The van der Waals surface area contributed by atoms with Crippen LogP contribution in [0.4, 0.5) is 14.9 Å². The number of nitrogens with one attached hydrogen (secondary N) is 2. The fourth-order valence-electron chi connectivity index (χ4n) is 2.69. The zero-order valence-electron chi connectivity index (χ0n) is 16.8. The van der Waals surface area contributed by atoms with Gasteiger partial charge in [-0.15, -0.1) is 0 Å². The highest BCUT2D eigenvalue weighted by Crippen LogP contribution is 2.36. The number of thiazole rings is 1. The van der Waals surface area contributed by atoms with E-state index in [1.807, 2.05) is 54.6 Å². The smallest absolute Gasteiger partial charge is 0.413 e. The molecule has 6 nitrogen and oxygen atoms in total. The van der Waals surface area contributed by atoms with Crippen LogP contribution in [-0.2, 0) is 10.2 Å². The Morgan fingerprint density at radius 2 is 1.62 bits per heavy atom. The maximum atomic E-state index is 12.8. The Hall–Kier alpha value is -3.19. The van der Waals surface area contributed by atoms with Crippen molar-refractivity contribution in [1.29, 1.82) is 0 Å². The first-order valence-corrected chi connectivity index (χ1v) is 9.92. The summed E-state index contributed by atoms with van der Waals surface area (Å²) in [5, 5.41) is 6.36. The van der Waals surface area contributed by atoms with Crippen LogP contribution in [0.15, 0.2) is 54.6 Å². The lowest BCUT2D eigenvalue weighted by atomic mass is 9.87. The van der Waals surface area contributed by atoms with Crippen LogP contribution in [0.1, 0.15) is 36.7 Å². The number of ether oxygens (including phenoxy) is 1. The highest BCUT2D eigenvalue weighted by atomic mass is 32.1. The second-order valence-electron chi connectivity index (χ2n) is 7.46. The highest BCUT2D eigenvalue weighted by Gasteiger charge is 2.19. The molecule has 0 atom stereocenters. The zero-order chi connectivity index (χ0) is 21.0. The van der Waals surface area contributed by atoms with Crippen LogP contribution < -0.4 is 10.6 Å². The van der Waals surface area contributed by atoms with Gasteiger partial charge in [0.25, 0.3) is 5.91 Å². The van der Waals surface area contributed by atoms with E-state index in [1.165, 1.54) is 18.4 Å². The van der Waals surface area contributed by atoms with Gasteiger partial charge in [-0.3, -0.25) is 10.1 Å². The number of methoxy groups -OCH3 is 1. The van der Waals surface area contributed by atoms with Gasteiger partial charge in [-0.1, -0.05) is 74.6 Å². The standard InChI is InChI=1S/C22H23N3O3S/c1-22(2,3)16-12-10-15(11-13-16)18(26)24-19-17(14-8-6-5-7-9-14)23-20(29-19)25-21(27)28-4/h5-13H,1-4H3,(H,24,26)(H,23,25,27). The minimum absolute atomic E-state index is 0.0155. The van der Waals surface area contributed by atoms with Gasteiger partial charge < -0.3 is 10.1 Å². The van der Waals surface area contributed by atoms with Crippen LogP contribution in [-0.4, -0.2) is 24.1 Å². The summed E-state index contributed by atoms with van der Waals surface area (Å²) < 4.78 is 4.63. The van der Waals surface area contributed by atoms with Crippen LogP contribution in [0.2, 0.25) is 0 Å². The summed E-state index contributed by atoms with van der Waals surface area (Å²) >= 11 is 1.17. The highest BCUT2D eigenvalue weighted by molar-refractivity contribution is 7.20. The predicted octanol–water partition coefficient (Wildman–Crippen LogP) is 5.54. The number of anilines is 2. The summed E-state index contributed by atoms with van der Waals surface area (Å²) in [6.45, 7) is 6.38. The second kappa shape index (κ2) is 8.45. The number of hydrogen-bond acceptors (Lipinski definition) is 5. The first-order chi connectivity index (χ1) is 13.8. The topological polar surface area (TPSA) is 80.3 Å². The van der Waals surface area contributed by atoms with Gasteiger partial charge in [0.1, 0.15) is 10.7 Å². The van der Waals surface area contributed by atoms with E-state index >= 15 is 0 Å². The lowest BCUT2D eigenvalue weighted by Crippen LogP contribution is -2.14. The maximum Gasteiger partial charge on any atom is 0.413 e. The van der Waals surface area contributed by atoms with Crippen LogP contribution in [0, 0.1) is 0 Å². The Bertz CT molecular complexity index is 1010. The number of hydrogen-bond donors (Lipinski definition) is 2. The van der Waals surface area contributed by atoms with Gasteiger partial charge in [0, 0.05) is 11.1 Å². The van der Waals surface area contributed by atoms with Gasteiger partial charge in [-0.2, -0.15) is 0 Å². The first kappa shape index (κ1) is 20.5. The van der Waals surface area contributed by atoms with Gasteiger partial charge in [0.15, 0.2) is 5.13 Å². The molecule has 0 radical (unpaired) electrons. The summed E-state index contributed by atoms with van der Waals surface area (Å²) in [5.41, 5.74) is 3.14. The molecule has 1 aromatic heterocycles. The summed E-state index contributed by atoms with van der Waals surface area (Å²) in [6.07, 6.45) is -0.617. The summed E-state index contributed by atoms with van der Waals surface area (Å²) in [7, 11) is 1.28. The van der Waals surface area contributed by atoms with E-state index in [0.717, 1.165) is 11.1 Å². The number of benzene rings is 2. The van der Waals surface area contributed by atoms with E-state index in [9.17, 15) is 9.59 Å². The molecule has 0 bridgehead atoms. The third-order valence-corrected chi connectivity index (χ3v) is 5.20. The van der Waals surface area contributed by atoms with Crippen molar-refractivity contribution in [1.82, 2.24) is 4.98 Å². The molecule has 3 rings (SSSR count). The second-order valence-corrected chi connectivity index (χ2v) is 8.46. The first-order valence-electron chi connectivity index (χ1n) is 9.11. The maximum absolute atomic E-state index is 12.8. The third-order valence-electron chi connectivity index (χ3n) is 4.31. The van der Waals surface area contributed by atoms with E-state index in [0.29, 0.717) is 21.4 Å². The van der Waals surface area contributed by atoms with Gasteiger partial charge >= 0.3 is 6.09 Å². The average molecular weight is 410 g/mol. The lowest BCUT2D eigenvalue weighted by Gasteiger charge is -2.19. The van der Waals surface area contributed by atoms with E-state index in [1.54, 1.807) is 0 Å². The number of carbonyl (C=O) groups is 2. The van der Waals surface area contributed by atoms with Crippen LogP contribution in [0.5, 0.6) is 0 Å². The fourth-order valence-corrected chi connectivity index (χ4v) is 3.55. The van der Waals surface area contributed by atoms with Crippen molar-refractivity contribution in [3.8, 4) is 11.3 Å². The number of nitrogens with zero attached hydrogens (tertiary/aromatic N) is 1. The Labute approximate surface area is 173 Å². The largest absolute Gasteiger partial charge is 0.453 e. The summed E-state index contributed by atoms with van der Waals surface area (Å²) in [6, 6.07) is 17.0. The molecule has 1 heterocycles. The van der Waals surface area contributed by atoms with Gasteiger partial charge in [0.05, 0.1) is 7.11 Å². The van der Waals surface area contributed by atoms with E-state index in [4.69, 9.17) is 0 Å². The van der Waals surface area contributed by atoms with Crippen LogP contribution in [0.3, 0.4) is 0 Å². The molecular weight excluding hydrogens is 386 g/mol. The molecule has 2 aromatic carbocycles. The Balaban J connectivity index is 1.88. The zero-order valence-corrected chi connectivity index (χ0v) is 17.6. The monoisotopic (exact) mass is 409 g/mol. The number of aromatic nitrogens is 1. The molecule has 0 saturated carbocycles. The van der Waals surface area contributed by atoms with Crippen molar-refractivity contribution < 1.29 is 14.3 Å². The fraction of sp³-hybridized carbons (Fsp3) is 0.227. The van der Waals surface area contributed by atoms with Crippen LogP contribution >= 0.6 is 11.3 Å². The number of carbonyl (C=O) groups excluding carboxylic acids is 2. The van der Waals surface area contributed by atoms with Gasteiger partial charge in [-0.05, 0) is 23.1 Å². The summed E-state index contributed by atoms with van der Waals surface area (Å²) in [4.78, 5) is 28.8. The van der Waals surface area contributed by atoms with Crippen molar-refractivity contribution in [2.75, 3.05) is 17.7 Å². The van der Waals surface area contributed by atoms with Crippen molar-refractivity contribution >= 4 is 33.5 Å². The SMILES string of the molecule is COC(=O)Nc1nc(-c2ccccc2)c(NC(=O)c2ccc(C(C)(C)C)cc2)s1. The summed E-state index contributed by atoms with van der Waals surface area (Å²) in [5.74, 6) is -0.240. The van der Waals surface area contributed by atoms with Crippen molar-refractivity contribution in [2.24, 2.45) is 0 Å². The van der Waals surface area contributed by atoms with Crippen molar-refractivity contribution in [3.05, 3.63) is 65.7 Å². The molecular formula is C22H23N3O3S. The molecule has 0 spiro atoms. The predicted molar refractivity (Wildman–Crippen MR) is 117 cm³/mol. The Morgan fingerprint density at radius 3 is 2.21 bits per heavy atom. The molecule has 0 aliphatic rings. The molecule has 0 unspecified atom stereocenters. The molecule has 0 fully saturated rings. The minimum Gasteiger partial charge on any atom is -0.453 e. The minimum atomic E-state index is -0.617. The molecule has 150 valence electrons. The third kappa shape index (κ3) is 5.00. The molecule has 3 aromatic rings. The van der Waals surface area contributed by atoms with Crippen molar-refractivity contribution in [3.63, 3.8) is 0 Å². The molecule has 2 N–H and O–H groups in total. The van der Waals surface area contributed by atoms with Gasteiger partial charge in [-0.25, -0.2) is 9.78 Å². The molecule has 0 aliphatic carbocycles. The quantitative estimate of drug-likeness (QED) is 0.593. The molecule has 0 saturated heterocycles. The van der Waals surface area contributed by atoms with Crippen molar-refractivity contribution in [2.45, 2.75) is 26.2 Å². The molecule has 2 amide bonds. The van der Waals surface area contributed by atoms with E-state index in [-0.39, 0.29) is 11.3 Å². The Kier molecular flexibility index (Phi) is 5.98. The Morgan fingerprint density at radius 1 is 0.966 bits per heavy atom. The molecule has 29 heavy (non-hydrogen) atoms.